The Morgan fingerprint density at radius 3 is 3.05 bits per heavy atom. The maximum atomic E-state index is 13.5. The van der Waals surface area contributed by atoms with Crippen LogP contribution in [0.2, 0.25) is 0 Å². The summed E-state index contributed by atoms with van der Waals surface area (Å²) >= 11 is 0. The highest BCUT2D eigenvalue weighted by atomic mass is 19.1. The number of H-pyrrole nitrogens is 1. The third-order valence-corrected chi connectivity index (χ3v) is 3.52. The van der Waals surface area contributed by atoms with Crippen LogP contribution in [0.15, 0.2) is 57.1 Å². The zero-order valence-corrected chi connectivity index (χ0v) is 10.2. The Balaban J connectivity index is 1.67. The predicted molar refractivity (Wildman–Crippen MR) is 69.3 cm³/mol. The van der Waals surface area contributed by atoms with Crippen molar-refractivity contribution in [3.05, 3.63) is 68.6 Å². The van der Waals surface area contributed by atoms with Crippen LogP contribution in [0.1, 0.15) is 6.42 Å². The van der Waals surface area contributed by atoms with E-state index in [2.05, 4.69) is 15.3 Å². The summed E-state index contributed by atoms with van der Waals surface area (Å²) in [6.45, 7) is 0. The number of aromatic amines is 1. The standard InChI is InChI=1S/C14H8FN3O2/c15-11-5-16-14(20)18-12(11)17-13(19)8-2-1-7-9-3-6(9)4-10(7)8/h1-2,4-5H,3H2,(H2,16,17,18,19,20). The van der Waals surface area contributed by atoms with Crippen molar-refractivity contribution < 1.29 is 9.18 Å². The van der Waals surface area contributed by atoms with Gasteiger partial charge in [-0.25, -0.2) is 9.18 Å². The van der Waals surface area contributed by atoms with Crippen LogP contribution in [-0.4, -0.2) is 15.9 Å². The fourth-order valence-corrected chi connectivity index (χ4v) is 2.49. The summed E-state index contributed by atoms with van der Waals surface area (Å²) in [5.74, 6) is -1.50. The summed E-state index contributed by atoms with van der Waals surface area (Å²) in [5.41, 5.74) is 4.25. The number of rotatable bonds is 2. The van der Waals surface area contributed by atoms with Gasteiger partial charge in [0, 0.05) is 5.57 Å². The van der Waals surface area contributed by atoms with Gasteiger partial charge < -0.3 is 5.32 Å². The third kappa shape index (κ3) is 1.51. The summed E-state index contributed by atoms with van der Waals surface area (Å²) in [7, 11) is 0. The number of nitrogens with one attached hydrogen (secondary N) is 2. The number of aromatic nitrogens is 2. The molecule has 1 heterocycles. The second-order valence-corrected chi connectivity index (χ2v) is 4.76. The van der Waals surface area contributed by atoms with Gasteiger partial charge in [-0.2, -0.15) is 4.98 Å². The molecule has 6 heteroatoms. The zero-order chi connectivity index (χ0) is 13.9. The normalized spacial score (nSPS) is 18.1. The van der Waals surface area contributed by atoms with E-state index in [1.165, 1.54) is 11.1 Å². The quantitative estimate of drug-likeness (QED) is 0.851. The lowest BCUT2D eigenvalue weighted by Gasteiger charge is -2.06. The van der Waals surface area contributed by atoms with E-state index >= 15 is 0 Å². The van der Waals surface area contributed by atoms with Gasteiger partial charge in [0.2, 0.25) is 0 Å². The fraction of sp³-hybridized carbons (Fsp3) is 0.0714. The van der Waals surface area contributed by atoms with E-state index in [-0.39, 0.29) is 5.82 Å². The van der Waals surface area contributed by atoms with Crippen LogP contribution in [0.3, 0.4) is 0 Å². The molecule has 3 aliphatic carbocycles. The summed E-state index contributed by atoms with van der Waals surface area (Å²) in [6, 6.07) is 0. The molecule has 0 spiro atoms. The van der Waals surface area contributed by atoms with E-state index in [9.17, 15) is 14.0 Å². The van der Waals surface area contributed by atoms with E-state index in [1.54, 1.807) is 6.08 Å². The van der Waals surface area contributed by atoms with Gasteiger partial charge >= 0.3 is 5.69 Å². The average molecular weight is 269 g/mol. The largest absolute Gasteiger partial charge is 0.346 e. The number of halogens is 1. The molecule has 3 aliphatic rings. The van der Waals surface area contributed by atoms with E-state index in [0.29, 0.717) is 5.57 Å². The minimum Gasteiger partial charge on any atom is -0.305 e. The third-order valence-electron chi connectivity index (χ3n) is 3.52. The van der Waals surface area contributed by atoms with Gasteiger partial charge in [-0.05, 0) is 40.9 Å². The van der Waals surface area contributed by atoms with E-state index < -0.39 is 17.4 Å². The Bertz CT molecular complexity index is 855. The first-order chi connectivity index (χ1) is 9.63. The van der Waals surface area contributed by atoms with Gasteiger partial charge in [-0.3, -0.25) is 9.78 Å². The van der Waals surface area contributed by atoms with Crippen molar-refractivity contribution in [1.82, 2.24) is 9.97 Å². The lowest BCUT2D eigenvalue weighted by atomic mass is 10.1. The summed E-state index contributed by atoms with van der Waals surface area (Å²) in [6.07, 6.45) is 7.34. The van der Waals surface area contributed by atoms with E-state index in [0.717, 1.165) is 23.8 Å². The average Bonchev–Trinajstić information content (AvgIpc) is 2.90. The number of allylic oxidation sites excluding steroid dienone is 6. The molecule has 0 bridgehead atoms. The van der Waals surface area contributed by atoms with Gasteiger partial charge in [0.1, 0.15) is 0 Å². The van der Waals surface area contributed by atoms with Gasteiger partial charge in [-0.15, -0.1) is 0 Å². The Hall–Kier alpha value is -2.76. The summed E-state index contributed by atoms with van der Waals surface area (Å²) < 4.78 is 13.5. The minimum atomic E-state index is -0.781. The number of carbonyl (C=O) groups excluding carboxylic acids is 1. The van der Waals surface area contributed by atoms with E-state index in [4.69, 9.17) is 0 Å². The molecule has 4 rings (SSSR count). The van der Waals surface area contributed by atoms with Crippen LogP contribution in [0.5, 0.6) is 0 Å². The molecule has 5 nitrogen and oxygen atoms in total. The Kier molecular flexibility index (Phi) is 2.01. The molecule has 98 valence electrons. The van der Waals surface area contributed by atoms with Crippen LogP contribution in [-0.2, 0) is 4.79 Å². The predicted octanol–water partition coefficient (Wildman–Crippen LogP) is 1.35. The molecule has 1 amide bonds. The van der Waals surface area contributed by atoms with Crippen molar-refractivity contribution in [3.8, 4) is 0 Å². The highest BCUT2D eigenvalue weighted by Gasteiger charge is 2.35. The number of carbonyl (C=O) groups is 1. The zero-order valence-electron chi connectivity index (χ0n) is 10.2. The molecule has 2 N–H and O–H groups in total. The molecule has 1 saturated carbocycles. The van der Waals surface area contributed by atoms with Crippen LogP contribution >= 0.6 is 0 Å². The van der Waals surface area contributed by atoms with Crippen molar-refractivity contribution in [2.45, 2.75) is 6.42 Å². The monoisotopic (exact) mass is 269 g/mol. The van der Waals surface area contributed by atoms with Crippen LogP contribution in [0.4, 0.5) is 10.2 Å². The molecule has 0 aromatic carbocycles. The maximum Gasteiger partial charge on any atom is 0.346 e. The Morgan fingerprint density at radius 2 is 2.20 bits per heavy atom. The van der Waals surface area contributed by atoms with Crippen LogP contribution in [0.25, 0.3) is 0 Å². The van der Waals surface area contributed by atoms with Gasteiger partial charge in [0.25, 0.3) is 5.91 Å². The molecule has 1 aromatic heterocycles. The first-order valence-electron chi connectivity index (χ1n) is 6.06. The molecular formula is C14H8FN3O2. The molecule has 0 aliphatic heterocycles. The topological polar surface area (TPSA) is 74.8 Å². The number of nitrogens with zero attached hydrogens (tertiary/aromatic N) is 1. The van der Waals surface area contributed by atoms with Gasteiger partial charge in [0.15, 0.2) is 11.6 Å². The summed E-state index contributed by atoms with van der Waals surface area (Å²) in [4.78, 5) is 28.6. The van der Waals surface area contributed by atoms with Crippen molar-refractivity contribution in [1.29, 1.82) is 0 Å². The molecule has 0 unspecified atom stereocenters. The van der Waals surface area contributed by atoms with Crippen molar-refractivity contribution >= 4 is 11.7 Å². The lowest BCUT2D eigenvalue weighted by Crippen LogP contribution is -2.20. The molecule has 0 atom stereocenters. The first-order valence-corrected chi connectivity index (χ1v) is 6.06. The van der Waals surface area contributed by atoms with E-state index in [1.807, 2.05) is 12.2 Å². The maximum absolute atomic E-state index is 13.5. The minimum absolute atomic E-state index is 0.270. The van der Waals surface area contributed by atoms with Gasteiger partial charge in [0.05, 0.1) is 6.20 Å². The number of amides is 1. The highest BCUT2D eigenvalue weighted by molar-refractivity contribution is 6.08. The number of hydrogen-bond donors (Lipinski definition) is 2. The molecule has 0 saturated heterocycles. The molecular weight excluding hydrogens is 261 g/mol. The smallest absolute Gasteiger partial charge is 0.305 e. The lowest BCUT2D eigenvalue weighted by molar-refractivity contribution is -0.112. The Labute approximate surface area is 112 Å². The fourth-order valence-electron chi connectivity index (χ4n) is 2.49. The Morgan fingerprint density at radius 1 is 1.35 bits per heavy atom. The van der Waals surface area contributed by atoms with Crippen molar-refractivity contribution in [2.24, 2.45) is 0 Å². The second-order valence-electron chi connectivity index (χ2n) is 4.76. The van der Waals surface area contributed by atoms with Gasteiger partial charge in [-0.1, -0.05) is 6.08 Å². The molecule has 20 heavy (non-hydrogen) atoms. The molecule has 0 radical (unpaired) electrons. The SMILES string of the molecule is O=C(Nc1[nH]c(=O)ncc1F)C1=C2C=C3CC3=C2C=C1. The summed E-state index contributed by atoms with van der Waals surface area (Å²) in [5, 5.41) is 2.36. The number of hydrogen-bond acceptors (Lipinski definition) is 3. The molecule has 1 aromatic rings. The number of fused-ring (bicyclic) bond motifs is 2. The van der Waals surface area contributed by atoms with Crippen molar-refractivity contribution in [2.75, 3.05) is 5.32 Å². The highest BCUT2D eigenvalue weighted by Crippen LogP contribution is 2.51. The first kappa shape index (κ1) is 11.1. The second kappa shape index (κ2) is 3.63. The molecule has 1 fully saturated rings. The van der Waals surface area contributed by atoms with Crippen LogP contribution in [0, 0.1) is 5.82 Å². The van der Waals surface area contributed by atoms with Crippen LogP contribution < -0.4 is 11.0 Å². The number of anilines is 1. The van der Waals surface area contributed by atoms with Crippen molar-refractivity contribution in [3.63, 3.8) is 0 Å².